The maximum atomic E-state index is 11.8. The van der Waals surface area contributed by atoms with E-state index in [4.69, 9.17) is 14.6 Å². The number of hydrogen-bond acceptors (Lipinski definition) is 4. The molecular weight excluding hydrogens is 236 g/mol. The lowest BCUT2D eigenvalue weighted by atomic mass is 9.96. The average Bonchev–Trinajstić information content (AvgIpc) is 2.64. The van der Waals surface area contributed by atoms with Crippen LogP contribution in [0.15, 0.2) is 12.1 Å². The zero-order chi connectivity index (χ0) is 13.3. The largest absolute Gasteiger partial charge is 0.493 e. The molecule has 1 aliphatic rings. The van der Waals surface area contributed by atoms with E-state index in [1.807, 2.05) is 0 Å². The van der Waals surface area contributed by atoms with Gasteiger partial charge in [-0.2, -0.15) is 0 Å². The molecule has 0 saturated carbocycles. The molecule has 2 rings (SSSR count). The molecule has 0 radical (unpaired) electrons. The lowest BCUT2D eigenvalue weighted by Gasteiger charge is -2.15. The highest BCUT2D eigenvalue weighted by atomic mass is 16.5. The quantitative estimate of drug-likeness (QED) is 0.882. The molecule has 1 aromatic carbocycles. The van der Waals surface area contributed by atoms with Gasteiger partial charge in [0.05, 0.1) is 20.6 Å². The minimum Gasteiger partial charge on any atom is -0.493 e. The maximum Gasteiger partial charge on any atom is 0.303 e. The molecule has 1 N–H and O–H groups in total. The Bertz CT molecular complexity index is 504. The molecule has 5 heteroatoms. The number of carbonyl (C=O) groups is 2. The fourth-order valence-electron chi connectivity index (χ4n) is 2.42. The Kier molecular flexibility index (Phi) is 3.23. The first-order valence-corrected chi connectivity index (χ1v) is 5.58. The van der Waals surface area contributed by atoms with Gasteiger partial charge >= 0.3 is 5.97 Å². The van der Waals surface area contributed by atoms with Crippen molar-refractivity contribution in [2.45, 2.75) is 18.8 Å². The first kappa shape index (κ1) is 12.4. The standard InChI is InChI=1S/C13H14O5/c1-17-10-4-3-8-9(14)5-7(6-11(15)16)12(8)13(10)18-2/h3-4,7H,5-6H2,1-2H3,(H,15,16). The van der Waals surface area contributed by atoms with Crippen LogP contribution in [-0.4, -0.2) is 31.1 Å². The van der Waals surface area contributed by atoms with E-state index < -0.39 is 5.97 Å². The zero-order valence-electron chi connectivity index (χ0n) is 10.2. The minimum absolute atomic E-state index is 0.0443. The molecule has 0 saturated heterocycles. The summed E-state index contributed by atoms with van der Waals surface area (Å²) < 4.78 is 10.4. The lowest BCUT2D eigenvalue weighted by Crippen LogP contribution is -2.05. The molecule has 0 fully saturated rings. The van der Waals surface area contributed by atoms with Crippen molar-refractivity contribution in [2.24, 2.45) is 0 Å². The summed E-state index contributed by atoms with van der Waals surface area (Å²) in [6.45, 7) is 0. The number of fused-ring (bicyclic) bond motifs is 1. The van der Waals surface area contributed by atoms with Crippen molar-refractivity contribution < 1.29 is 24.2 Å². The van der Waals surface area contributed by atoms with E-state index in [1.54, 1.807) is 12.1 Å². The van der Waals surface area contributed by atoms with E-state index in [0.29, 0.717) is 22.6 Å². The Balaban J connectivity index is 2.54. The van der Waals surface area contributed by atoms with Gasteiger partial charge in [0, 0.05) is 23.5 Å². The molecule has 1 aromatic rings. The summed E-state index contributed by atoms with van der Waals surface area (Å²) >= 11 is 0. The average molecular weight is 250 g/mol. The molecule has 0 heterocycles. The molecule has 0 spiro atoms. The van der Waals surface area contributed by atoms with Gasteiger partial charge < -0.3 is 14.6 Å². The van der Waals surface area contributed by atoms with Crippen molar-refractivity contribution in [2.75, 3.05) is 14.2 Å². The van der Waals surface area contributed by atoms with E-state index >= 15 is 0 Å². The first-order valence-electron chi connectivity index (χ1n) is 5.58. The van der Waals surface area contributed by atoms with Crippen molar-refractivity contribution in [3.63, 3.8) is 0 Å². The Hall–Kier alpha value is -2.04. The number of carbonyl (C=O) groups excluding carboxylic acids is 1. The molecule has 5 nitrogen and oxygen atoms in total. The minimum atomic E-state index is -0.925. The lowest BCUT2D eigenvalue weighted by molar-refractivity contribution is -0.137. The molecule has 0 aliphatic heterocycles. The summed E-state index contributed by atoms with van der Waals surface area (Å²) in [6.07, 6.45) is 0.132. The summed E-state index contributed by atoms with van der Waals surface area (Å²) in [7, 11) is 2.99. The summed E-state index contributed by atoms with van der Waals surface area (Å²) in [5.41, 5.74) is 1.20. The molecule has 0 amide bonds. The van der Waals surface area contributed by atoms with Crippen molar-refractivity contribution in [1.82, 2.24) is 0 Å². The van der Waals surface area contributed by atoms with Gasteiger partial charge in [-0.25, -0.2) is 0 Å². The van der Waals surface area contributed by atoms with Crippen LogP contribution in [0.4, 0.5) is 0 Å². The summed E-state index contributed by atoms with van der Waals surface area (Å²) in [5, 5.41) is 8.89. The predicted molar refractivity (Wildman–Crippen MR) is 63.5 cm³/mol. The molecular formula is C13H14O5. The third kappa shape index (κ3) is 1.92. The Labute approximate surface area is 104 Å². The Morgan fingerprint density at radius 2 is 2.11 bits per heavy atom. The number of rotatable bonds is 4. The van der Waals surface area contributed by atoms with Gasteiger partial charge in [-0.05, 0) is 12.1 Å². The fraction of sp³-hybridized carbons (Fsp3) is 0.385. The monoisotopic (exact) mass is 250 g/mol. The van der Waals surface area contributed by atoms with Crippen molar-refractivity contribution in [3.8, 4) is 11.5 Å². The van der Waals surface area contributed by atoms with Crippen LogP contribution in [0.2, 0.25) is 0 Å². The van der Waals surface area contributed by atoms with E-state index in [0.717, 1.165) is 0 Å². The molecule has 0 aromatic heterocycles. The van der Waals surface area contributed by atoms with Gasteiger partial charge in [0.1, 0.15) is 0 Å². The topological polar surface area (TPSA) is 72.8 Å². The van der Waals surface area contributed by atoms with E-state index in [9.17, 15) is 9.59 Å². The second kappa shape index (κ2) is 4.68. The van der Waals surface area contributed by atoms with Crippen LogP contribution in [0.1, 0.15) is 34.7 Å². The van der Waals surface area contributed by atoms with Gasteiger partial charge in [-0.15, -0.1) is 0 Å². The zero-order valence-corrected chi connectivity index (χ0v) is 10.2. The molecule has 0 bridgehead atoms. The van der Waals surface area contributed by atoms with Crippen molar-refractivity contribution in [1.29, 1.82) is 0 Å². The van der Waals surface area contributed by atoms with E-state index in [2.05, 4.69) is 0 Å². The molecule has 1 atom stereocenters. The Morgan fingerprint density at radius 3 is 2.67 bits per heavy atom. The normalized spacial score (nSPS) is 17.4. The Morgan fingerprint density at radius 1 is 1.39 bits per heavy atom. The predicted octanol–water partition coefficient (Wildman–Crippen LogP) is 1.85. The van der Waals surface area contributed by atoms with Crippen LogP contribution in [0.3, 0.4) is 0 Å². The number of carboxylic acid groups (broad SMARTS) is 1. The number of carboxylic acids is 1. The highest BCUT2D eigenvalue weighted by Crippen LogP contribution is 2.45. The summed E-state index contributed by atoms with van der Waals surface area (Å²) in [4.78, 5) is 22.7. The van der Waals surface area contributed by atoms with Crippen LogP contribution >= 0.6 is 0 Å². The molecule has 18 heavy (non-hydrogen) atoms. The second-order valence-electron chi connectivity index (χ2n) is 4.18. The van der Waals surface area contributed by atoms with E-state index in [-0.39, 0.29) is 24.5 Å². The maximum absolute atomic E-state index is 11.8. The number of Topliss-reactive ketones (excluding diaryl/α,β-unsaturated/α-hetero) is 1. The number of benzene rings is 1. The third-order valence-electron chi connectivity index (χ3n) is 3.15. The van der Waals surface area contributed by atoms with Gasteiger partial charge in [0.2, 0.25) is 0 Å². The summed E-state index contributed by atoms with van der Waals surface area (Å²) in [5.74, 6) is -0.328. The number of methoxy groups -OCH3 is 2. The van der Waals surface area contributed by atoms with Crippen molar-refractivity contribution in [3.05, 3.63) is 23.3 Å². The van der Waals surface area contributed by atoms with Gasteiger partial charge in [-0.1, -0.05) is 0 Å². The number of aliphatic carboxylic acids is 1. The van der Waals surface area contributed by atoms with Crippen molar-refractivity contribution >= 4 is 11.8 Å². The van der Waals surface area contributed by atoms with Crippen LogP contribution in [0.25, 0.3) is 0 Å². The van der Waals surface area contributed by atoms with Gasteiger partial charge in [0.25, 0.3) is 0 Å². The highest BCUT2D eigenvalue weighted by molar-refractivity contribution is 6.03. The summed E-state index contributed by atoms with van der Waals surface area (Å²) in [6, 6.07) is 3.33. The second-order valence-corrected chi connectivity index (χ2v) is 4.18. The van der Waals surface area contributed by atoms with Gasteiger partial charge in [-0.3, -0.25) is 9.59 Å². The highest BCUT2D eigenvalue weighted by Gasteiger charge is 2.35. The fourth-order valence-corrected chi connectivity index (χ4v) is 2.42. The van der Waals surface area contributed by atoms with Crippen LogP contribution in [0, 0.1) is 0 Å². The van der Waals surface area contributed by atoms with Crippen LogP contribution in [-0.2, 0) is 4.79 Å². The number of hydrogen-bond donors (Lipinski definition) is 1. The molecule has 1 unspecified atom stereocenters. The number of ketones is 1. The SMILES string of the molecule is COc1ccc2c(c1OC)C(CC(=O)O)CC2=O. The van der Waals surface area contributed by atoms with Crippen LogP contribution < -0.4 is 9.47 Å². The molecule has 96 valence electrons. The van der Waals surface area contributed by atoms with Crippen LogP contribution in [0.5, 0.6) is 11.5 Å². The smallest absolute Gasteiger partial charge is 0.303 e. The number of ether oxygens (including phenoxy) is 2. The third-order valence-corrected chi connectivity index (χ3v) is 3.15. The first-order chi connectivity index (χ1) is 8.58. The van der Waals surface area contributed by atoms with E-state index in [1.165, 1.54) is 14.2 Å². The van der Waals surface area contributed by atoms with Gasteiger partial charge in [0.15, 0.2) is 17.3 Å². The molecule has 1 aliphatic carbocycles.